The van der Waals surface area contributed by atoms with Crippen LogP contribution >= 0.6 is 0 Å². The summed E-state index contributed by atoms with van der Waals surface area (Å²) in [6, 6.07) is 2.21. The van der Waals surface area contributed by atoms with Gasteiger partial charge in [-0.25, -0.2) is 4.68 Å². The molecule has 1 atom stereocenters. The van der Waals surface area contributed by atoms with Crippen LogP contribution in [0.25, 0.3) is 0 Å². The van der Waals surface area contributed by atoms with Crippen LogP contribution in [0.15, 0.2) is 17.1 Å². The smallest absolute Gasteiger partial charge is 0.268 e. The van der Waals surface area contributed by atoms with E-state index in [1.165, 1.54) is 12.8 Å². The summed E-state index contributed by atoms with van der Waals surface area (Å²) in [5, 5.41) is 7.46. The molecular weight excluding hydrogens is 202 g/mol. The molecule has 4 nitrogen and oxygen atoms in total. The maximum atomic E-state index is 11.8. The molecule has 16 heavy (non-hydrogen) atoms. The third kappa shape index (κ3) is 2.84. The quantitative estimate of drug-likeness (QED) is 0.825. The van der Waals surface area contributed by atoms with Crippen LogP contribution < -0.4 is 10.9 Å². The van der Waals surface area contributed by atoms with Crippen LogP contribution in [0.4, 0.5) is 5.69 Å². The van der Waals surface area contributed by atoms with Crippen molar-refractivity contribution in [3.63, 3.8) is 0 Å². The van der Waals surface area contributed by atoms with Gasteiger partial charge in [0.15, 0.2) is 0 Å². The SMILES string of the molecule is CCC(C)Cn1ncc(NC2CC2)cc1=O. The van der Waals surface area contributed by atoms with Crippen molar-refractivity contribution in [2.24, 2.45) is 5.92 Å². The standard InChI is InChI=1S/C12H19N3O/c1-3-9(2)8-15-12(16)6-11(7-13-15)14-10-4-5-10/h6-7,9-10,14H,3-5,8H2,1-2H3. The maximum absolute atomic E-state index is 11.8. The topological polar surface area (TPSA) is 46.9 Å². The molecule has 1 aromatic heterocycles. The van der Waals surface area contributed by atoms with Crippen molar-refractivity contribution in [1.82, 2.24) is 9.78 Å². The minimum absolute atomic E-state index is 0.00838. The lowest BCUT2D eigenvalue weighted by atomic mass is 10.1. The Morgan fingerprint density at radius 1 is 1.62 bits per heavy atom. The van der Waals surface area contributed by atoms with Gasteiger partial charge in [0.25, 0.3) is 5.56 Å². The Morgan fingerprint density at radius 2 is 2.38 bits per heavy atom. The van der Waals surface area contributed by atoms with Crippen molar-refractivity contribution >= 4 is 5.69 Å². The lowest BCUT2D eigenvalue weighted by Crippen LogP contribution is -2.25. The molecule has 1 fully saturated rings. The molecule has 0 bridgehead atoms. The molecule has 0 amide bonds. The van der Waals surface area contributed by atoms with Crippen molar-refractivity contribution in [3.8, 4) is 0 Å². The number of anilines is 1. The van der Waals surface area contributed by atoms with E-state index in [0.717, 1.165) is 12.1 Å². The van der Waals surface area contributed by atoms with Crippen LogP contribution in [-0.2, 0) is 6.54 Å². The molecule has 0 radical (unpaired) electrons. The molecule has 1 aromatic rings. The fourth-order valence-corrected chi connectivity index (χ4v) is 1.54. The lowest BCUT2D eigenvalue weighted by Gasteiger charge is -2.10. The first-order chi connectivity index (χ1) is 7.69. The molecule has 1 saturated carbocycles. The molecule has 4 heteroatoms. The van der Waals surface area contributed by atoms with Crippen LogP contribution in [0.3, 0.4) is 0 Å². The van der Waals surface area contributed by atoms with E-state index in [-0.39, 0.29) is 5.56 Å². The van der Waals surface area contributed by atoms with Crippen molar-refractivity contribution < 1.29 is 0 Å². The second kappa shape index (κ2) is 4.68. The van der Waals surface area contributed by atoms with E-state index in [9.17, 15) is 4.79 Å². The summed E-state index contributed by atoms with van der Waals surface area (Å²) in [6.45, 7) is 4.96. The lowest BCUT2D eigenvalue weighted by molar-refractivity contribution is 0.424. The first-order valence-electron chi connectivity index (χ1n) is 6.02. The number of hydrogen-bond acceptors (Lipinski definition) is 3. The van der Waals surface area contributed by atoms with Gasteiger partial charge >= 0.3 is 0 Å². The molecule has 1 N–H and O–H groups in total. The summed E-state index contributed by atoms with van der Waals surface area (Å²) in [7, 11) is 0. The number of nitrogens with zero attached hydrogens (tertiary/aromatic N) is 2. The summed E-state index contributed by atoms with van der Waals surface area (Å²) >= 11 is 0. The predicted octanol–water partition coefficient (Wildman–Crippen LogP) is 1.86. The highest BCUT2D eigenvalue weighted by Crippen LogP contribution is 2.23. The summed E-state index contributed by atoms with van der Waals surface area (Å²) in [5.41, 5.74) is 0.846. The van der Waals surface area contributed by atoms with E-state index < -0.39 is 0 Å². The van der Waals surface area contributed by atoms with Gasteiger partial charge in [-0.2, -0.15) is 5.10 Å². The summed E-state index contributed by atoms with van der Waals surface area (Å²) in [6.07, 6.45) is 5.23. The molecule has 1 unspecified atom stereocenters. The number of hydrogen-bond donors (Lipinski definition) is 1. The average molecular weight is 221 g/mol. The first-order valence-corrected chi connectivity index (χ1v) is 6.02. The Labute approximate surface area is 95.7 Å². The zero-order valence-corrected chi connectivity index (χ0v) is 9.94. The normalized spacial score (nSPS) is 17.1. The van der Waals surface area contributed by atoms with Crippen LogP contribution in [0, 0.1) is 5.92 Å². The van der Waals surface area contributed by atoms with Crippen molar-refractivity contribution in [2.75, 3.05) is 5.32 Å². The number of aromatic nitrogens is 2. The number of rotatable bonds is 5. The molecule has 88 valence electrons. The van der Waals surface area contributed by atoms with Gasteiger partial charge in [-0.05, 0) is 18.8 Å². The molecular formula is C12H19N3O. The van der Waals surface area contributed by atoms with Crippen molar-refractivity contribution in [3.05, 3.63) is 22.6 Å². The Hall–Kier alpha value is -1.32. The average Bonchev–Trinajstić information content (AvgIpc) is 3.06. The van der Waals surface area contributed by atoms with E-state index in [4.69, 9.17) is 0 Å². The summed E-state index contributed by atoms with van der Waals surface area (Å²) in [5.74, 6) is 0.493. The fraction of sp³-hybridized carbons (Fsp3) is 0.667. The summed E-state index contributed by atoms with van der Waals surface area (Å²) < 4.78 is 1.55. The molecule has 1 aliphatic rings. The third-order valence-electron chi connectivity index (χ3n) is 3.00. The second-order valence-corrected chi connectivity index (χ2v) is 4.70. The largest absolute Gasteiger partial charge is 0.381 e. The van der Waals surface area contributed by atoms with Crippen molar-refractivity contribution in [2.45, 2.75) is 45.7 Å². The Balaban J connectivity index is 2.06. The van der Waals surface area contributed by atoms with Gasteiger partial charge in [-0.1, -0.05) is 20.3 Å². The first kappa shape index (κ1) is 11.2. The van der Waals surface area contributed by atoms with E-state index in [2.05, 4.69) is 24.3 Å². The maximum Gasteiger partial charge on any atom is 0.268 e. The van der Waals surface area contributed by atoms with E-state index in [1.807, 2.05) is 0 Å². The van der Waals surface area contributed by atoms with Crippen LogP contribution in [0.1, 0.15) is 33.1 Å². The van der Waals surface area contributed by atoms with Crippen LogP contribution in [0.5, 0.6) is 0 Å². The van der Waals surface area contributed by atoms with Gasteiger partial charge in [0.2, 0.25) is 0 Å². The highest BCUT2D eigenvalue weighted by atomic mass is 16.1. The van der Waals surface area contributed by atoms with Gasteiger partial charge in [-0.15, -0.1) is 0 Å². The zero-order chi connectivity index (χ0) is 11.5. The zero-order valence-electron chi connectivity index (χ0n) is 9.94. The molecule has 1 heterocycles. The van der Waals surface area contributed by atoms with Crippen molar-refractivity contribution in [1.29, 1.82) is 0 Å². The highest BCUT2D eigenvalue weighted by molar-refractivity contribution is 5.41. The molecule has 0 spiro atoms. The predicted molar refractivity (Wildman–Crippen MR) is 64.6 cm³/mol. The molecule has 0 aliphatic heterocycles. The van der Waals surface area contributed by atoms with E-state index in [0.29, 0.717) is 18.5 Å². The molecule has 1 aliphatic carbocycles. The van der Waals surface area contributed by atoms with E-state index in [1.54, 1.807) is 16.9 Å². The van der Waals surface area contributed by atoms with Gasteiger partial charge in [0, 0.05) is 18.7 Å². The molecule has 2 rings (SSSR count). The fourth-order valence-electron chi connectivity index (χ4n) is 1.54. The molecule has 0 aromatic carbocycles. The van der Waals surface area contributed by atoms with Gasteiger partial charge in [0.1, 0.15) is 0 Å². The van der Waals surface area contributed by atoms with Crippen LogP contribution in [-0.4, -0.2) is 15.8 Å². The second-order valence-electron chi connectivity index (χ2n) is 4.70. The van der Waals surface area contributed by atoms with E-state index >= 15 is 0 Å². The Bertz CT molecular complexity index is 409. The minimum atomic E-state index is -0.00838. The summed E-state index contributed by atoms with van der Waals surface area (Å²) in [4.78, 5) is 11.8. The van der Waals surface area contributed by atoms with Crippen LogP contribution in [0.2, 0.25) is 0 Å². The van der Waals surface area contributed by atoms with Gasteiger partial charge in [-0.3, -0.25) is 4.79 Å². The van der Waals surface area contributed by atoms with Gasteiger partial charge < -0.3 is 5.32 Å². The Morgan fingerprint density at radius 3 is 2.94 bits per heavy atom. The third-order valence-corrected chi connectivity index (χ3v) is 3.00. The monoisotopic (exact) mass is 221 g/mol. The Kier molecular flexibility index (Phi) is 3.27. The number of nitrogens with one attached hydrogen (secondary N) is 1. The molecule has 0 saturated heterocycles. The minimum Gasteiger partial charge on any atom is -0.381 e. The van der Waals surface area contributed by atoms with Gasteiger partial charge in [0.05, 0.1) is 11.9 Å². The highest BCUT2D eigenvalue weighted by Gasteiger charge is 2.21.